The molecule has 0 atom stereocenters. The fourth-order valence-corrected chi connectivity index (χ4v) is 3.25. The smallest absolute Gasteiger partial charge is 0.416 e. The number of amides is 1. The van der Waals surface area contributed by atoms with Gasteiger partial charge in [-0.25, -0.2) is 9.97 Å². The van der Waals surface area contributed by atoms with Crippen molar-refractivity contribution >= 4 is 17.7 Å². The Morgan fingerprint density at radius 1 is 1.07 bits per heavy atom. The van der Waals surface area contributed by atoms with Crippen LogP contribution in [0.3, 0.4) is 0 Å². The second kappa shape index (κ2) is 9.62. The number of thioether (sulfide) groups is 1. The van der Waals surface area contributed by atoms with Crippen molar-refractivity contribution in [1.29, 1.82) is 0 Å². The van der Waals surface area contributed by atoms with Crippen LogP contribution in [0.4, 0.5) is 13.2 Å². The summed E-state index contributed by atoms with van der Waals surface area (Å²) in [7, 11) is 0. The van der Waals surface area contributed by atoms with Gasteiger partial charge < -0.3 is 10.1 Å². The number of nitrogens with zero attached hydrogens (tertiary/aromatic N) is 2. The first-order chi connectivity index (χ1) is 14.3. The summed E-state index contributed by atoms with van der Waals surface area (Å²) in [6.07, 6.45) is -1.53. The molecule has 0 saturated carbocycles. The highest BCUT2D eigenvalue weighted by Crippen LogP contribution is 2.32. The maximum atomic E-state index is 13.0. The number of nitrogens with one attached hydrogen (secondary N) is 1. The zero-order valence-electron chi connectivity index (χ0n) is 15.9. The minimum absolute atomic E-state index is 0.00578. The summed E-state index contributed by atoms with van der Waals surface area (Å²) in [4.78, 5) is 20.5. The van der Waals surface area contributed by atoms with Crippen LogP contribution in [-0.2, 0) is 17.5 Å². The summed E-state index contributed by atoms with van der Waals surface area (Å²) in [5.74, 6) is 0.360. The van der Waals surface area contributed by atoms with E-state index in [0.717, 1.165) is 23.4 Å². The number of aryl methyl sites for hydroxylation is 1. The van der Waals surface area contributed by atoms with Gasteiger partial charge in [0, 0.05) is 18.9 Å². The van der Waals surface area contributed by atoms with Crippen LogP contribution in [0.1, 0.15) is 16.7 Å². The molecule has 0 fully saturated rings. The molecule has 5 nitrogen and oxygen atoms in total. The SMILES string of the molecule is Cc1ccc(Oc2nccnc2SCC(=O)NCc2ccccc2C(F)(F)F)cc1. The molecule has 1 aromatic heterocycles. The predicted octanol–water partition coefficient (Wildman–Crippen LogP) is 5.00. The zero-order chi connectivity index (χ0) is 21.6. The van der Waals surface area contributed by atoms with Gasteiger partial charge in [-0.3, -0.25) is 4.79 Å². The number of carbonyl (C=O) groups is 1. The van der Waals surface area contributed by atoms with Crippen molar-refractivity contribution in [3.8, 4) is 11.6 Å². The maximum Gasteiger partial charge on any atom is 0.416 e. The molecule has 30 heavy (non-hydrogen) atoms. The molecule has 1 N–H and O–H groups in total. The van der Waals surface area contributed by atoms with Crippen molar-refractivity contribution in [3.05, 3.63) is 77.6 Å². The van der Waals surface area contributed by atoms with Gasteiger partial charge in [0.1, 0.15) is 5.75 Å². The molecule has 0 aliphatic rings. The highest BCUT2D eigenvalue weighted by Gasteiger charge is 2.32. The van der Waals surface area contributed by atoms with Gasteiger partial charge in [-0.05, 0) is 30.7 Å². The van der Waals surface area contributed by atoms with E-state index >= 15 is 0 Å². The Morgan fingerprint density at radius 2 is 1.77 bits per heavy atom. The number of aromatic nitrogens is 2. The molecule has 0 spiro atoms. The number of rotatable bonds is 7. The van der Waals surface area contributed by atoms with E-state index in [2.05, 4.69) is 15.3 Å². The number of carbonyl (C=O) groups excluding carboxylic acids is 1. The first-order valence-corrected chi connectivity index (χ1v) is 9.91. The van der Waals surface area contributed by atoms with Crippen molar-refractivity contribution in [3.63, 3.8) is 0 Å². The molecule has 1 heterocycles. The van der Waals surface area contributed by atoms with Gasteiger partial charge in [0.25, 0.3) is 5.88 Å². The summed E-state index contributed by atoms with van der Waals surface area (Å²) in [5.41, 5.74) is 0.326. The van der Waals surface area contributed by atoms with Crippen molar-refractivity contribution in [2.75, 3.05) is 5.75 Å². The van der Waals surface area contributed by atoms with E-state index in [4.69, 9.17) is 4.74 Å². The predicted molar refractivity (Wildman–Crippen MR) is 107 cm³/mol. The monoisotopic (exact) mass is 433 g/mol. The van der Waals surface area contributed by atoms with Crippen molar-refractivity contribution < 1.29 is 22.7 Å². The summed E-state index contributed by atoms with van der Waals surface area (Å²) < 4.78 is 44.9. The molecular weight excluding hydrogens is 415 g/mol. The molecule has 156 valence electrons. The second-order valence-electron chi connectivity index (χ2n) is 6.30. The molecular formula is C21H18F3N3O2S. The first-order valence-electron chi connectivity index (χ1n) is 8.93. The fraction of sp³-hybridized carbons (Fsp3) is 0.190. The number of hydrogen-bond acceptors (Lipinski definition) is 5. The van der Waals surface area contributed by atoms with E-state index < -0.39 is 17.6 Å². The molecule has 0 unspecified atom stereocenters. The molecule has 1 amide bonds. The Bertz CT molecular complexity index is 1010. The molecule has 0 aliphatic carbocycles. The van der Waals surface area contributed by atoms with Crippen LogP contribution in [0.15, 0.2) is 66.0 Å². The van der Waals surface area contributed by atoms with Crippen molar-refractivity contribution in [2.45, 2.75) is 24.7 Å². The molecule has 0 bridgehead atoms. The Kier molecular flexibility index (Phi) is 6.94. The summed E-state index contributed by atoms with van der Waals surface area (Å²) in [6, 6.07) is 12.5. The number of alkyl halides is 3. The van der Waals surface area contributed by atoms with Crippen LogP contribution in [0.2, 0.25) is 0 Å². The zero-order valence-corrected chi connectivity index (χ0v) is 16.8. The van der Waals surface area contributed by atoms with Gasteiger partial charge in [0.2, 0.25) is 5.91 Å². The van der Waals surface area contributed by atoms with Crippen molar-refractivity contribution in [1.82, 2.24) is 15.3 Å². The Morgan fingerprint density at radius 3 is 2.50 bits per heavy atom. The van der Waals surface area contributed by atoms with E-state index in [1.54, 1.807) is 12.1 Å². The van der Waals surface area contributed by atoms with E-state index in [1.165, 1.54) is 30.6 Å². The maximum absolute atomic E-state index is 13.0. The third kappa shape index (κ3) is 5.96. The second-order valence-corrected chi connectivity index (χ2v) is 7.27. The van der Waals surface area contributed by atoms with E-state index in [9.17, 15) is 18.0 Å². The normalized spacial score (nSPS) is 11.2. The van der Waals surface area contributed by atoms with Crippen LogP contribution < -0.4 is 10.1 Å². The number of halogens is 3. The lowest BCUT2D eigenvalue weighted by Crippen LogP contribution is -2.26. The Labute approximate surface area is 175 Å². The summed E-state index contributed by atoms with van der Waals surface area (Å²) in [6.45, 7) is 1.74. The highest BCUT2D eigenvalue weighted by atomic mass is 32.2. The summed E-state index contributed by atoms with van der Waals surface area (Å²) >= 11 is 1.09. The highest BCUT2D eigenvalue weighted by molar-refractivity contribution is 8.00. The van der Waals surface area contributed by atoms with Crippen LogP contribution in [0.5, 0.6) is 11.6 Å². The van der Waals surface area contributed by atoms with Crippen LogP contribution in [-0.4, -0.2) is 21.6 Å². The van der Waals surface area contributed by atoms with Gasteiger partial charge in [0.05, 0.1) is 11.3 Å². The topological polar surface area (TPSA) is 64.1 Å². The van der Waals surface area contributed by atoms with Gasteiger partial charge >= 0.3 is 6.18 Å². The molecule has 3 rings (SSSR count). The van der Waals surface area contributed by atoms with Gasteiger partial charge in [-0.1, -0.05) is 47.7 Å². The minimum Gasteiger partial charge on any atom is -0.437 e. The molecule has 0 saturated heterocycles. The molecule has 0 radical (unpaired) electrons. The lowest BCUT2D eigenvalue weighted by Gasteiger charge is -2.13. The van der Waals surface area contributed by atoms with Gasteiger partial charge in [0.15, 0.2) is 5.03 Å². The van der Waals surface area contributed by atoms with Gasteiger partial charge in [-0.2, -0.15) is 13.2 Å². The van der Waals surface area contributed by atoms with Crippen LogP contribution >= 0.6 is 11.8 Å². The van der Waals surface area contributed by atoms with Crippen LogP contribution in [0.25, 0.3) is 0 Å². The van der Waals surface area contributed by atoms with E-state index in [-0.39, 0.29) is 23.7 Å². The molecule has 0 aliphatic heterocycles. The number of hydrogen-bond donors (Lipinski definition) is 1. The first kappa shape index (κ1) is 21.6. The Balaban J connectivity index is 1.59. The summed E-state index contributed by atoms with van der Waals surface area (Å²) in [5, 5.41) is 2.91. The average Bonchev–Trinajstić information content (AvgIpc) is 2.73. The lowest BCUT2D eigenvalue weighted by molar-refractivity contribution is -0.138. The minimum atomic E-state index is -4.47. The van der Waals surface area contributed by atoms with Crippen LogP contribution in [0, 0.1) is 6.92 Å². The Hall–Kier alpha value is -3.07. The third-order valence-corrected chi connectivity index (χ3v) is 4.97. The fourth-order valence-electron chi connectivity index (χ4n) is 2.53. The number of benzene rings is 2. The standard InChI is InChI=1S/C21H18F3N3O2S/c1-14-6-8-16(9-7-14)29-19-20(26-11-10-25-19)30-13-18(28)27-12-15-4-2-3-5-17(15)21(22,23)24/h2-11H,12-13H2,1H3,(H,27,28). The quantitative estimate of drug-likeness (QED) is 0.531. The van der Waals surface area contributed by atoms with E-state index in [0.29, 0.717) is 10.8 Å². The van der Waals surface area contributed by atoms with E-state index in [1.807, 2.05) is 19.1 Å². The molecule has 3 aromatic rings. The largest absolute Gasteiger partial charge is 0.437 e. The third-order valence-electron chi connectivity index (χ3n) is 4.01. The average molecular weight is 433 g/mol. The molecule has 9 heteroatoms. The molecule has 2 aromatic carbocycles. The van der Waals surface area contributed by atoms with Gasteiger partial charge in [-0.15, -0.1) is 0 Å². The van der Waals surface area contributed by atoms with Crippen molar-refractivity contribution in [2.24, 2.45) is 0 Å². The lowest BCUT2D eigenvalue weighted by atomic mass is 10.1. The number of ether oxygens (including phenoxy) is 1.